The average Bonchev–Trinajstić information content (AvgIpc) is 2.49. The second-order valence-electron chi connectivity index (χ2n) is 6.01. The summed E-state index contributed by atoms with van der Waals surface area (Å²) in [6.07, 6.45) is 3.82. The molecule has 2 heterocycles. The summed E-state index contributed by atoms with van der Waals surface area (Å²) in [5, 5.41) is 0. The minimum atomic E-state index is 0.127. The lowest BCUT2D eigenvalue weighted by Gasteiger charge is -2.44. The van der Waals surface area contributed by atoms with Crippen LogP contribution < -0.4 is 5.73 Å². The van der Waals surface area contributed by atoms with Gasteiger partial charge in [-0.2, -0.15) is 0 Å². The molecule has 0 bridgehead atoms. The fraction of sp³-hybridized carbons (Fsp3) is 0.562. The van der Waals surface area contributed by atoms with E-state index in [0.29, 0.717) is 11.7 Å². The Kier molecular flexibility index (Phi) is 3.66. The molecule has 1 atom stereocenters. The number of carbonyl (C=O) groups excluding carboxylic acids is 1. The Labute approximate surface area is 120 Å². The van der Waals surface area contributed by atoms with Crippen molar-refractivity contribution in [2.24, 2.45) is 0 Å². The Morgan fingerprint density at radius 1 is 1.25 bits per heavy atom. The molecule has 1 aromatic rings. The van der Waals surface area contributed by atoms with Crippen LogP contribution in [0.4, 0.5) is 5.69 Å². The van der Waals surface area contributed by atoms with Gasteiger partial charge in [-0.05, 0) is 44.0 Å². The fourth-order valence-electron chi connectivity index (χ4n) is 3.30. The lowest BCUT2D eigenvalue weighted by atomic mass is 9.99. The van der Waals surface area contributed by atoms with Gasteiger partial charge < -0.3 is 10.6 Å². The zero-order chi connectivity index (χ0) is 14.1. The van der Waals surface area contributed by atoms with Crippen LogP contribution in [-0.4, -0.2) is 47.9 Å². The molecule has 1 aromatic carbocycles. The van der Waals surface area contributed by atoms with Crippen LogP contribution in [0.3, 0.4) is 0 Å². The van der Waals surface area contributed by atoms with Crippen LogP contribution in [0.2, 0.25) is 0 Å². The minimum absolute atomic E-state index is 0.127. The summed E-state index contributed by atoms with van der Waals surface area (Å²) in [5.74, 6) is 0.127. The highest BCUT2D eigenvalue weighted by Crippen LogP contribution is 2.23. The topological polar surface area (TPSA) is 49.6 Å². The number of hydrogen-bond acceptors (Lipinski definition) is 3. The molecule has 4 nitrogen and oxygen atoms in total. The monoisotopic (exact) mass is 273 g/mol. The van der Waals surface area contributed by atoms with Crippen molar-refractivity contribution in [1.29, 1.82) is 0 Å². The number of nitrogens with zero attached hydrogens (tertiary/aromatic N) is 2. The second kappa shape index (κ2) is 5.44. The third-order valence-corrected chi connectivity index (χ3v) is 4.65. The van der Waals surface area contributed by atoms with E-state index < -0.39 is 0 Å². The first kappa shape index (κ1) is 13.4. The number of benzene rings is 1. The van der Waals surface area contributed by atoms with E-state index in [0.717, 1.165) is 30.8 Å². The van der Waals surface area contributed by atoms with Gasteiger partial charge in [0.1, 0.15) is 0 Å². The molecule has 2 fully saturated rings. The van der Waals surface area contributed by atoms with Gasteiger partial charge in [-0.25, -0.2) is 0 Å². The maximum absolute atomic E-state index is 12.6. The molecule has 0 radical (unpaired) electrons. The average molecular weight is 273 g/mol. The number of hydrogen-bond donors (Lipinski definition) is 1. The van der Waals surface area contributed by atoms with Crippen molar-refractivity contribution in [3.05, 3.63) is 29.3 Å². The first-order valence-electron chi connectivity index (χ1n) is 7.54. The molecule has 1 amide bonds. The zero-order valence-electron chi connectivity index (χ0n) is 12.1. The molecule has 2 saturated heterocycles. The van der Waals surface area contributed by atoms with Crippen molar-refractivity contribution >= 4 is 11.6 Å². The molecule has 20 heavy (non-hydrogen) atoms. The van der Waals surface area contributed by atoms with Crippen LogP contribution in [0, 0.1) is 6.92 Å². The number of anilines is 1. The lowest BCUT2D eigenvalue weighted by Crippen LogP contribution is -2.56. The van der Waals surface area contributed by atoms with E-state index in [2.05, 4.69) is 4.90 Å². The third-order valence-electron chi connectivity index (χ3n) is 4.65. The van der Waals surface area contributed by atoms with Crippen LogP contribution in [0.1, 0.15) is 35.2 Å². The van der Waals surface area contributed by atoms with Crippen LogP contribution >= 0.6 is 0 Å². The first-order chi connectivity index (χ1) is 9.65. The Bertz CT molecular complexity index is 514. The molecule has 0 saturated carbocycles. The fourth-order valence-corrected chi connectivity index (χ4v) is 3.30. The summed E-state index contributed by atoms with van der Waals surface area (Å²) in [7, 11) is 0. The van der Waals surface area contributed by atoms with Gasteiger partial charge in [0.15, 0.2) is 0 Å². The van der Waals surface area contributed by atoms with E-state index in [-0.39, 0.29) is 5.91 Å². The molecule has 2 N–H and O–H groups in total. The quantitative estimate of drug-likeness (QED) is 0.795. The molecule has 108 valence electrons. The van der Waals surface area contributed by atoms with Crippen molar-refractivity contribution in [2.75, 3.05) is 31.9 Å². The van der Waals surface area contributed by atoms with Gasteiger partial charge in [0.2, 0.25) is 0 Å². The summed E-state index contributed by atoms with van der Waals surface area (Å²) in [6, 6.07) is 6.19. The zero-order valence-corrected chi connectivity index (χ0v) is 12.1. The molecular weight excluding hydrogens is 250 g/mol. The number of fused-ring (bicyclic) bond motifs is 1. The standard InChI is InChI=1S/C16H23N3O/c1-12-5-6-13(10-15(12)17)16(20)19-9-8-18-7-3-2-4-14(18)11-19/h5-6,10,14H,2-4,7-9,11,17H2,1H3/t14-/m0/s1. The number of nitrogen functional groups attached to an aromatic ring is 1. The molecule has 0 aromatic heterocycles. The molecular formula is C16H23N3O. The number of carbonyl (C=O) groups is 1. The first-order valence-corrected chi connectivity index (χ1v) is 7.54. The van der Waals surface area contributed by atoms with E-state index in [4.69, 9.17) is 5.73 Å². The number of piperidine rings is 1. The van der Waals surface area contributed by atoms with Crippen LogP contribution in [0.5, 0.6) is 0 Å². The largest absolute Gasteiger partial charge is 0.398 e. The maximum Gasteiger partial charge on any atom is 0.254 e. The summed E-state index contributed by atoms with van der Waals surface area (Å²) in [4.78, 5) is 17.1. The number of piperazine rings is 1. The number of amides is 1. The third kappa shape index (κ3) is 2.52. The predicted octanol–water partition coefficient (Wildman–Crippen LogP) is 1.89. The highest BCUT2D eigenvalue weighted by molar-refractivity contribution is 5.95. The van der Waals surface area contributed by atoms with Gasteiger partial charge in [-0.3, -0.25) is 9.69 Å². The van der Waals surface area contributed by atoms with Crippen LogP contribution in [-0.2, 0) is 0 Å². The smallest absolute Gasteiger partial charge is 0.254 e. The van der Waals surface area contributed by atoms with Gasteiger partial charge in [-0.15, -0.1) is 0 Å². The minimum Gasteiger partial charge on any atom is -0.398 e. The Morgan fingerprint density at radius 2 is 2.10 bits per heavy atom. The van der Waals surface area contributed by atoms with Gasteiger partial charge in [-0.1, -0.05) is 12.5 Å². The molecule has 3 rings (SSSR count). The Morgan fingerprint density at radius 3 is 2.90 bits per heavy atom. The van der Waals surface area contributed by atoms with Crippen molar-refractivity contribution < 1.29 is 4.79 Å². The van der Waals surface area contributed by atoms with E-state index >= 15 is 0 Å². The highest BCUT2D eigenvalue weighted by Gasteiger charge is 2.31. The molecule has 4 heteroatoms. The second-order valence-corrected chi connectivity index (χ2v) is 6.01. The van der Waals surface area contributed by atoms with Crippen molar-refractivity contribution in [2.45, 2.75) is 32.2 Å². The van der Waals surface area contributed by atoms with E-state index in [9.17, 15) is 4.79 Å². The van der Waals surface area contributed by atoms with Crippen molar-refractivity contribution in [1.82, 2.24) is 9.80 Å². The summed E-state index contributed by atoms with van der Waals surface area (Å²) < 4.78 is 0. The molecule has 0 unspecified atom stereocenters. The number of nitrogens with two attached hydrogens (primary N) is 1. The molecule has 2 aliphatic heterocycles. The van der Waals surface area contributed by atoms with E-state index in [1.807, 2.05) is 30.0 Å². The van der Waals surface area contributed by atoms with Gasteiger partial charge >= 0.3 is 0 Å². The summed E-state index contributed by atoms with van der Waals surface area (Å²) in [5.41, 5.74) is 8.36. The van der Waals surface area contributed by atoms with E-state index in [1.54, 1.807) is 0 Å². The van der Waals surface area contributed by atoms with Gasteiger partial charge in [0.25, 0.3) is 5.91 Å². The normalized spacial score (nSPS) is 23.4. The molecule has 0 aliphatic carbocycles. The number of aryl methyl sites for hydroxylation is 1. The lowest BCUT2D eigenvalue weighted by molar-refractivity contribution is 0.0372. The predicted molar refractivity (Wildman–Crippen MR) is 80.7 cm³/mol. The van der Waals surface area contributed by atoms with Gasteiger partial charge in [0, 0.05) is 36.9 Å². The summed E-state index contributed by atoms with van der Waals surface area (Å²) >= 11 is 0. The van der Waals surface area contributed by atoms with Crippen molar-refractivity contribution in [3.8, 4) is 0 Å². The molecule has 0 spiro atoms. The van der Waals surface area contributed by atoms with Crippen molar-refractivity contribution in [3.63, 3.8) is 0 Å². The van der Waals surface area contributed by atoms with Gasteiger partial charge in [0.05, 0.1) is 0 Å². The SMILES string of the molecule is Cc1ccc(C(=O)N2CCN3CCCC[C@H]3C2)cc1N. The van der Waals surface area contributed by atoms with Crippen LogP contribution in [0.25, 0.3) is 0 Å². The Balaban J connectivity index is 1.72. The number of rotatable bonds is 1. The highest BCUT2D eigenvalue weighted by atomic mass is 16.2. The summed E-state index contributed by atoms with van der Waals surface area (Å²) in [6.45, 7) is 5.88. The van der Waals surface area contributed by atoms with E-state index in [1.165, 1.54) is 25.8 Å². The van der Waals surface area contributed by atoms with Crippen LogP contribution in [0.15, 0.2) is 18.2 Å². The maximum atomic E-state index is 12.6. The molecule has 2 aliphatic rings. The Hall–Kier alpha value is -1.55.